The van der Waals surface area contributed by atoms with Crippen molar-refractivity contribution in [3.05, 3.63) is 35.4 Å². The van der Waals surface area contributed by atoms with Crippen LogP contribution in [0.5, 0.6) is 0 Å². The third-order valence-corrected chi connectivity index (χ3v) is 4.83. The van der Waals surface area contributed by atoms with Crippen molar-refractivity contribution in [2.24, 2.45) is 0 Å². The number of carbonyl (C=O) groups is 3. The zero-order chi connectivity index (χ0) is 18.5. The maximum absolute atomic E-state index is 12.6. The first kappa shape index (κ1) is 21.0. The van der Waals surface area contributed by atoms with E-state index in [9.17, 15) is 32.5 Å². The minimum atomic E-state index is -4.71. The Kier molecular flexibility index (Phi) is 5.92. The van der Waals surface area contributed by atoms with Crippen molar-refractivity contribution >= 4 is 44.4 Å². The van der Waals surface area contributed by atoms with Crippen LogP contribution >= 0.6 is 0 Å². The molecule has 2 amide bonds. The number of hydrogen-bond acceptors (Lipinski definition) is 7. The number of benzene rings is 2. The molecule has 130 valence electrons. The predicted molar refractivity (Wildman–Crippen MR) is 83.2 cm³/mol. The third-order valence-electron chi connectivity index (χ3n) is 3.93. The number of nitrogens with two attached hydrogens (primary N) is 1. The first-order valence-corrected chi connectivity index (χ1v) is 8.45. The van der Waals surface area contributed by atoms with Gasteiger partial charge in [0.2, 0.25) is 0 Å². The molecule has 9 nitrogen and oxygen atoms in total. The Hall–Kier alpha value is -1.34. The molecule has 2 aromatic carbocycles. The van der Waals surface area contributed by atoms with Crippen molar-refractivity contribution in [3.63, 3.8) is 0 Å². The van der Waals surface area contributed by atoms with Gasteiger partial charge < -0.3 is 15.6 Å². The summed E-state index contributed by atoms with van der Waals surface area (Å²) in [6.45, 7) is -0.429. The van der Waals surface area contributed by atoms with Gasteiger partial charge in [-0.1, -0.05) is 12.1 Å². The molecular formula is C15H11KN2O7S. The van der Waals surface area contributed by atoms with Crippen molar-refractivity contribution in [2.75, 3.05) is 12.3 Å². The van der Waals surface area contributed by atoms with Gasteiger partial charge in [0, 0.05) is 35.3 Å². The Morgan fingerprint density at radius 1 is 1.19 bits per heavy atom. The molecule has 0 saturated carbocycles. The maximum atomic E-state index is 12.6. The summed E-state index contributed by atoms with van der Waals surface area (Å²) in [4.78, 5) is 35.8. The van der Waals surface area contributed by atoms with E-state index in [0.29, 0.717) is 4.90 Å². The first-order valence-electron chi connectivity index (χ1n) is 7.01. The van der Waals surface area contributed by atoms with Crippen molar-refractivity contribution in [3.8, 4) is 0 Å². The molecular weight excluding hydrogens is 391 g/mol. The van der Waals surface area contributed by atoms with Crippen LogP contribution in [0.15, 0.2) is 29.2 Å². The standard InChI is InChI=1S/C15H12N2O7S.K/c16-13-7-2-1-3-8-12(7)9(6-10(13)25(22,23)24)15(21)17(14(8)20)5-4-11(18)19;/h1-3,6H,4-5,16H2,(H,18,19)(H,22,23,24);/q;+1/p-1. The largest absolute Gasteiger partial charge is 1.00 e. The second kappa shape index (κ2) is 7.35. The van der Waals surface area contributed by atoms with Gasteiger partial charge in [0.15, 0.2) is 0 Å². The monoisotopic (exact) mass is 402 g/mol. The van der Waals surface area contributed by atoms with Gasteiger partial charge in [0.25, 0.3) is 21.9 Å². The van der Waals surface area contributed by atoms with Gasteiger partial charge in [-0.25, -0.2) is 0 Å². The number of carbonyl (C=O) groups excluding carboxylic acids is 3. The molecule has 3 N–H and O–H groups in total. The molecule has 0 bridgehead atoms. The molecule has 0 spiro atoms. The molecule has 0 saturated heterocycles. The fourth-order valence-electron chi connectivity index (χ4n) is 2.83. The van der Waals surface area contributed by atoms with E-state index in [1.54, 1.807) is 0 Å². The fourth-order valence-corrected chi connectivity index (χ4v) is 3.48. The van der Waals surface area contributed by atoms with E-state index in [0.717, 1.165) is 6.07 Å². The van der Waals surface area contributed by atoms with Crippen molar-refractivity contribution < 1.29 is 83.8 Å². The molecule has 1 aliphatic rings. The summed E-state index contributed by atoms with van der Waals surface area (Å²) in [5, 5.41) is 10.9. The summed E-state index contributed by atoms with van der Waals surface area (Å²) in [6.07, 6.45) is -0.567. The van der Waals surface area contributed by atoms with Gasteiger partial charge in [-0.15, -0.1) is 0 Å². The topological polar surface area (TPSA) is 158 Å². The average Bonchev–Trinajstić information content (AvgIpc) is 2.52. The maximum Gasteiger partial charge on any atom is 1.00 e. The van der Waals surface area contributed by atoms with E-state index in [4.69, 9.17) is 5.73 Å². The molecule has 0 aromatic heterocycles. The van der Waals surface area contributed by atoms with Crippen LogP contribution in [0.2, 0.25) is 0 Å². The van der Waals surface area contributed by atoms with Crippen LogP contribution in [0.25, 0.3) is 10.8 Å². The number of anilines is 1. The summed E-state index contributed by atoms with van der Waals surface area (Å²) in [7, 11) is -4.71. The van der Waals surface area contributed by atoms with Gasteiger partial charge in [0.05, 0.1) is 11.3 Å². The number of carboxylic acid groups (broad SMARTS) is 1. The van der Waals surface area contributed by atoms with Gasteiger partial charge in [-0.05, 0) is 12.1 Å². The van der Waals surface area contributed by atoms with Crippen molar-refractivity contribution in [1.29, 1.82) is 0 Å². The molecule has 0 radical (unpaired) electrons. The molecule has 11 heteroatoms. The summed E-state index contributed by atoms with van der Waals surface area (Å²) in [5.41, 5.74) is 5.42. The summed E-state index contributed by atoms with van der Waals surface area (Å²) in [6, 6.07) is 5.16. The van der Waals surface area contributed by atoms with E-state index in [-0.39, 0.29) is 79.0 Å². The number of nitrogen functional groups attached to an aromatic ring is 1. The van der Waals surface area contributed by atoms with Gasteiger partial charge in [-0.2, -0.15) is 8.42 Å². The SMILES string of the molecule is Nc1c(S(=O)(=O)O)cc2c3c(cccc13)C(=O)N(CCC(=O)[O-])C2=O.[K+]. The Morgan fingerprint density at radius 2 is 1.81 bits per heavy atom. The number of aliphatic carboxylic acids is 1. The average molecular weight is 402 g/mol. The number of carboxylic acids is 1. The summed E-state index contributed by atoms with van der Waals surface area (Å²) < 4.78 is 32.4. The zero-order valence-electron chi connectivity index (χ0n) is 13.6. The van der Waals surface area contributed by atoms with E-state index < -0.39 is 45.8 Å². The molecule has 0 unspecified atom stereocenters. The predicted octanol–water partition coefficient (Wildman–Crippen LogP) is -3.59. The fraction of sp³-hybridized carbons (Fsp3) is 0.133. The van der Waals surface area contributed by atoms with Crippen LogP contribution < -0.4 is 62.2 Å². The number of amides is 2. The van der Waals surface area contributed by atoms with Crippen molar-refractivity contribution in [1.82, 2.24) is 4.90 Å². The molecule has 1 heterocycles. The quantitative estimate of drug-likeness (QED) is 0.230. The van der Waals surface area contributed by atoms with Crippen LogP contribution in [0, 0.1) is 0 Å². The van der Waals surface area contributed by atoms with E-state index in [1.807, 2.05) is 0 Å². The number of rotatable bonds is 4. The Bertz CT molecular complexity index is 1070. The van der Waals surface area contributed by atoms with E-state index >= 15 is 0 Å². The Balaban J connectivity index is 0.00000243. The van der Waals surface area contributed by atoms with Crippen molar-refractivity contribution in [2.45, 2.75) is 11.3 Å². The minimum absolute atomic E-state index is 0. The van der Waals surface area contributed by atoms with E-state index in [1.165, 1.54) is 18.2 Å². The Labute approximate surface area is 190 Å². The summed E-state index contributed by atoms with van der Waals surface area (Å²) >= 11 is 0. The Morgan fingerprint density at radius 3 is 2.38 bits per heavy atom. The zero-order valence-corrected chi connectivity index (χ0v) is 17.5. The smallest absolute Gasteiger partial charge is 0.550 e. The molecule has 26 heavy (non-hydrogen) atoms. The first-order chi connectivity index (χ1) is 11.6. The van der Waals surface area contributed by atoms with Gasteiger partial charge in [-0.3, -0.25) is 19.0 Å². The normalized spacial score (nSPS) is 13.7. The van der Waals surface area contributed by atoms with Crippen LogP contribution in [-0.4, -0.2) is 42.2 Å². The third kappa shape index (κ3) is 3.43. The summed E-state index contributed by atoms with van der Waals surface area (Å²) in [5.74, 6) is -3.04. The molecule has 3 rings (SSSR count). The molecule has 0 atom stereocenters. The molecule has 1 aliphatic heterocycles. The van der Waals surface area contributed by atoms with Gasteiger partial charge in [0.1, 0.15) is 4.90 Å². The second-order valence-corrected chi connectivity index (χ2v) is 6.81. The number of nitrogens with zero attached hydrogens (tertiary/aromatic N) is 1. The molecule has 0 aliphatic carbocycles. The molecule has 0 fully saturated rings. The van der Waals surface area contributed by atoms with Crippen LogP contribution in [0.3, 0.4) is 0 Å². The second-order valence-electron chi connectivity index (χ2n) is 5.42. The van der Waals surface area contributed by atoms with Gasteiger partial charge >= 0.3 is 51.4 Å². The minimum Gasteiger partial charge on any atom is -0.550 e. The molecule has 2 aromatic rings. The van der Waals surface area contributed by atoms with Crippen LogP contribution in [0.1, 0.15) is 27.1 Å². The van der Waals surface area contributed by atoms with Crippen LogP contribution in [-0.2, 0) is 14.9 Å². The number of hydrogen-bond donors (Lipinski definition) is 2. The number of imide groups is 1. The van der Waals surface area contributed by atoms with Crippen LogP contribution in [0.4, 0.5) is 5.69 Å². The van der Waals surface area contributed by atoms with E-state index in [2.05, 4.69) is 0 Å².